The topological polar surface area (TPSA) is 26.7 Å². The maximum atomic E-state index is 14.4. The van der Waals surface area contributed by atoms with E-state index in [1.807, 2.05) is 11.3 Å². The molecule has 2 rings (SSSR count). The van der Waals surface area contributed by atoms with Gasteiger partial charge < -0.3 is 5.11 Å². The number of piperazine rings is 1. The van der Waals surface area contributed by atoms with Gasteiger partial charge in [-0.15, -0.1) is 0 Å². The van der Waals surface area contributed by atoms with Crippen LogP contribution in [-0.4, -0.2) is 60.0 Å². The third-order valence-electron chi connectivity index (χ3n) is 3.16. The molecule has 1 aliphatic heterocycles. The Labute approximate surface area is 95.8 Å². The van der Waals surface area contributed by atoms with Crippen molar-refractivity contribution in [1.29, 1.82) is 0 Å². The van der Waals surface area contributed by atoms with Crippen molar-refractivity contribution in [2.75, 3.05) is 39.3 Å². The molecule has 0 atom stereocenters. The molecule has 0 saturated carbocycles. The van der Waals surface area contributed by atoms with Crippen LogP contribution in [0.1, 0.15) is 0 Å². The highest BCUT2D eigenvalue weighted by molar-refractivity contribution is 5.26. The number of allylic oxidation sites excluding steroid dienone is 2. The fraction of sp³-hybridized carbons (Fsp3) is 0.583. The van der Waals surface area contributed by atoms with Gasteiger partial charge in [-0.1, -0.05) is 12.2 Å². The molecule has 0 amide bonds. The van der Waals surface area contributed by atoms with Gasteiger partial charge in [0.15, 0.2) is 0 Å². The fourth-order valence-corrected chi connectivity index (χ4v) is 2.17. The lowest BCUT2D eigenvalue weighted by molar-refractivity contribution is 0.00503. The average molecular weight is 225 g/mol. The average Bonchev–Trinajstić information content (AvgIpc) is 2.31. The lowest BCUT2D eigenvalue weighted by Crippen LogP contribution is -2.54. The molecule has 3 nitrogen and oxygen atoms in total. The number of halogens is 1. The van der Waals surface area contributed by atoms with Gasteiger partial charge in [-0.2, -0.15) is 0 Å². The second-order valence-electron chi connectivity index (χ2n) is 4.19. The van der Waals surface area contributed by atoms with Crippen molar-refractivity contribution in [3.8, 4) is 0 Å². The van der Waals surface area contributed by atoms with E-state index in [0.29, 0.717) is 19.6 Å². The summed E-state index contributed by atoms with van der Waals surface area (Å²) in [4.78, 5) is 3.99. The summed E-state index contributed by atoms with van der Waals surface area (Å²) in [5.74, 6) is -1.42. The summed E-state index contributed by atoms with van der Waals surface area (Å²) in [6.45, 7) is 3.90. The van der Waals surface area contributed by atoms with E-state index in [-0.39, 0.29) is 6.61 Å². The van der Waals surface area contributed by atoms with Crippen LogP contribution in [0.4, 0.5) is 4.39 Å². The molecule has 1 aliphatic carbocycles. The standard InChI is InChI=1S/C12H18FN2O/c13-12(4-2-1-3-5-12)15-8-6-14(7-9-15)10-11-16/h1-5,16H,6-11H2. The predicted octanol–water partition coefficient (Wildman–Crippen LogP) is 0.592. The Hall–Kier alpha value is -0.710. The number of aliphatic hydroxyl groups is 1. The van der Waals surface area contributed by atoms with Crippen LogP contribution in [0.15, 0.2) is 24.3 Å². The van der Waals surface area contributed by atoms with Crippen LogP contribution in [0.5, 0.6) is 0 Å². The first-order chi connectivity index (χ1) is 7.74. The zero-order valence-electron chi connectivity index (χ0n) is 9.35. The molecule has 0 aromatic carbocycles. The van der Waals surface area contributed by atoms with Crippen molar-refractivity contribution in [1.82, 2.24) is 9.80 Å². The quantitative estimate of drug-likeness (QED) is 0.712. The Bertz CT molecular complexity index is 271. The van der Waals surface area contributed by atoms with E-state index in [2.05, 4.69) is 4.90 Å². The predicted molar refractivity (Wildman–Crippen MR) is 61.5 cm³/mol. The van der Waals surface area contributed by atoms with Crippen LogP contribution in [0.3, 0.4) is 0 Å². The second-order valence-corrected chi connectivity index (χ2v) is 4.19. The number of alkyl halides is 1. The summed E-state index contributed by atoms with van der Waals surface area (Å²) in [5.41, 5.74) is 0. The van der Waals surface area contributed by atoms with Crippen LogP contribution in [-0.2, 0) is 0 Å². The van der Waals surface area contributed by atoms with E-state index in [1.54, 1.807) is 24.3 Å². The monoisotopic (exact) mass is 225 g/mol. The summed E-state index contributed by atoms with van der Waals surface area (Å²) in [6, 6.07) is 0. The van der Waals surface area contributed by atoms with Gasteiger partial charge in [0.25, 0.3) is 0 Å². The molecule has 0 spiro atoms. The first-order valence-electron chi connectivity index (χ1n) is 5.72. The Morgan fingerprint density at radius 3 is 2.31 bits per heavy atom. The first-order valence-corrected chi connectivity index (χ1v) is 5.72. The molecule has 4 heteroatoms. The summed E-state index contributed by atoms with van der Waals surface area (Å²) in [6.07, 6.45) is 8.52. The Kier molecular flexibility index (Phi) is 3.74. The second kappa shape index (κ2) is 5.08. The van der Waals surface area contributed by atoms with Crippen molar-refractivity contribution < 1.29 is 9.50 Å². The smallest absolute Gasteiger partial charge is 0.201 e. The molecule has 1 N–H and O–H groups in total. The van der Waals surface area contributed by atoms with Gasteiger partial charge in [-0.3, -0.25) is 9.80 Å². The minimum Gasteiger partial charge on any atom is -0.395 e. The van der Waals surface area contributed by atoms with Crippen LogP contribution in [0, 0.1) is 6.42 Å². The Morgan fingerprint density at radius 1 is 1.12 bits per heavy atom. The Morgan fingerprint density at radius 2 is 1.75 bits per heavy atom. The maximum absolute atomic E-state index is 14.4. The van der Waals surface area contributed by atoms with Gasteiger partial charge in [0.05, 0.1) is 6.61 Å². The largest absolute Gasteiger partial charge is 0.395 e. The molecule has 1 fully saturated rings. The molecule has 0 aromatic rings. The van der Waals surface area contributed by atoms with Gasteiger partial charge in [-0.25, -0.2) is 4.39 Å². The van der Waals surface area contributed by atoms with Crippen LogP contribution < -0.4 is 0 Å². The number of hydrogen-bond acceptors (Lipinski definition) is 3. The summed E-state index contributed by atoms with van der Waals surface area (Å²) in [7, 11) is 0. The first kappa shape index (κ1) is 11.8. The third-order valence-corrected chi connectivity index (χ3v) is 3.16. The lowest BCUT2D eigenvalue weighted by atomic mass is 10.1. The molecular formula is C12H18FN2O. The number of rotatable bonds is 3. The van der Waals surface area contributed by atoms with Crippen molar-refractivity contribution in [2.45, 2.75) is 5.79 Å². The summed E-state index contributed by atoms with van der Waals surface area (Å²) < 4.78 is 14.4. The van der Waals surface area contributed by atoms with Gasteiger partial charge in [-0.05, 0) is 12.2 Å². The molecule has 0 aromatic heterocycles. The van der Waals surface area contributed by atoms with Crippen LogP contribution >= 0.6 is 0 Å². The van der Waals surface area contributed by atoms with E-state index >= 15 is 0 Å². The minimum absolute atomic E-state index is 0.176. The van der Waals surface area contributed by atoms with Crippen molar-refractivity contribution in [3.05, 3.63) is 30.7 Å². The summed E-state index contributed by atoms with van der Waals surface area (Å²) >= 11 is 0. The zero-order chi connectivity index (χ0) is 11.4. The van der Waals surface area contributed by atoms with Crippen LogP contribution in [0.2, 0.25) is 0 Å². The van der Waals surface area contributed by atoms with E-state index in [1.165, 1.54) is 0 Å². The van der Waals surface area contributed by atoms with Gasteiger partial charge in [0, 0.05) is 39.1 Å². The lowest BCUT2D eigenvalue weighted by Gasteiger charge is -2.40. The van der Waals surface area contributed by atoms with E-state index in [4.69, 9.17) is 5.11 Å². The minimum atomic E-state index is -1.42. The maximum Gasteiger partial charge on any atom is 0.201 e. The molecule has 0 unspecified atom stereocenters. The highest BCUT2D eigenvalue weighted by atomic mass is 19.1. The third kappa shape index (κ3) is 2.51. The van der Waals surface area contributed by atoms with Crippen molar-refractivity contribution in [3.63, 3.8) is 0 Å². The van der Waals surface area contributed by atoms with E-state index in [9.17, 15) is 4.39 Å². The SMILES string of the molecule is OCCN1CCN(C2(F)C=C[CH]C=C2)CC1. The van der Waals surface area contributed by atoms with Gasteiger partial charge in [0.2, 0.25) is 5.79 Å². The highest BCUT2D eigenvalue weighted by Crippen LogP contribution is 2.25. The normalized spacial score (nSPS) is 26.1. The van der Waals surface area contributed by atoms with E-state index < -0.39 is 5.79 Å². The van der Waals surface area contributed by atoms with E-state index in [0.717, 1.165) is 13.1 Å². The highest BCUT2D eigenvalue weighted by Gasteiger charge is 2.34. The molecule has 1 radical (unpaired) electrons. The van der Waals surface area contributed by atoms with Crippen molar-refractivity contribution >= 4 is 0 Å². The molecule has 16 heavy (non-hydrogen) atoms. The fourth-order valence-electron chi connectivity index (χ4n) is 2.17. The molecule has 1 heterocycles. The molecule has 2 aliphatic rings. The molecule has 0 bridgehead atoms. The molecule has 1 saturated heterocycles. The number of hydrogen-bond donors (Lipinski definition) is 1. The summed E-state index contributed by atoms with van der Waals surface area (Å²) in [5, 5.41) is 8.83. The molecular weight excluding hydrogens is 207 g/mol. The molecule has 89 valence electrons. The van der Waals surface area contributed by atoms with Gasteiger partial charge in [0.1, 0.15) is 0 Å². The number of nitrogens with zero attached hydrogens (tertiary/aromatic N) is 2. The van der Waals surface area contributed by atoms with Crippen molar-refractivity contribution in [2.24, 2.45) is 0 Å². The number of aliphatic hydroxyl groups excluding tert-OH is 1. The number of β-amino-alcohol motifs (C(OH)–C–C–N with tert-alkyl or cyclic N) is 1. The Balaban J connectivity index is 1.91. The van der Waals surface area contributed by atoms with Gasteiger partial charge >= 0.3 is 0 Å². The zero-order valence-corrected chi connectivity index (χ0v) is 9.35. The van der Waals surface area contributed by atoms with Crippen LogP contribution in [0.25, 0.3) is 0 Å².